The number of allylic oxidation sites excluding steroid dienone is 1. The number of aromatic hydroxyl groups is 1. The maximum absolute atomic E-state index is 12.2. The van der Waals surface area contributed by atoms with Gasteiger partial charge in [0, 0.05) is 0 Å². The van der Waals surface area contributed by atoms with Crippen LogP contribution in [0, 0.1) is 63.7 Å². The van der Waals surface area contributed by atoms with E-state index >= 15 is 0 Å². The van der Waals surface area contributed by atoms with Gasteiger partial charge in [-0.05, 0) is 116 Å². The molecule has 0 unspecified atom stereocenters. The van der Waals surface area contributed by atoms with Crippen LogP contribution in [-0.4, -0.2) is 17.5 Å². The van der Waals surface area contributed by atoms with Gasteiger partial charge in [0.1, 0.15) is 18.1 Å². The summed E-state index contributed by atoms with van der Waals surface area (Å²) in [6.07, 6.45) is 18.1. The largest absolute Gasteiger partial charge is 2.00 e. The minimum Gasteiger partial charge on any atom is -0.508 e. The molecule has 4 heteroatoms. The summed E-state index contributed by atoms with van der Waals surface area (Å²) in [6, 6.07) is 25.5. The van der Waals surface area contributed by atoms with Crippen LogP contribution < -0.4 is 4.74 Å². The first kappa shape index (κ1) is 29.7. The molecule has 1 N–H and O–H groups in total. The van der Waals surface area contributed by atoms with Crippen LogP contribution in [0.25, 0.3) is 11.1 Å². The topological polar surface area (TPSA) is 46.5 Å². The van der Waals surface area contributed by atoms with Crippen LogP contribution in [0.1, 0.15) is 30.0 Å². The summed E-state index contributed by atoms with van der Waals surface area (Å²) in [7, 11) is 0. The number of benzene rings is 3. The fourth-order valence-corrected chi connectivity index (χ4v) is 4.14. The van der Waals surface area contributed by atoms with Gasteiger partial charge >= 0.3 is 17.1 Å². The van der Waals surface area contributed by atoms with Gasteiger partial charge in [-0.15, -0.1) is 0 Å². The first-order valence-electron chi connectivity index (χ1n) is 12.4. The number of rotatable bonds is 8. The molecular formula is C34H30FeO3+2. The van der Waals surface area contributed by atoms with Crippen LogP contribution >= 0.6 is 0 Å². The van der Waals surface area contributed by atoms with E-state index in [0.717, 1.165) is 28.7 Å². The second-order valence-electron chi connectivity index (χ2n) is 8.49. The van der Waals surface area contributed by atoms with Crippen LogP contribution in [0.3, 0.4) is 0 Å². The van der Waals surface area contributed by atoms with Crippen molar-refractivity contribution in [2.45, 2.75) is 13.3 Å². The van der Waals surface area contributed by atoms with Crippen molar-refractivity contribution >= 4 is 16.9 Å². The number of phenols is 1. The second kappa shape index (κ2) is 15.6. The first-order valence-corrected chi connectivity index (χ1v) is 12.4. The van der Waals surface area contributed by atoms with Crippen molar-refractivity contribution in [1.29, 1.82) is 0 Å². The zero-order valence-electron chi connectivity index (χ0n) is 21.2. The Kier molecular flexibility index (Phi) is 12.2. The number of phenolic OH excluding ortho intramolecular Hbond substituents is 1. The summed E-state index contributed by atoms with van der Waals surface area (Å²) in [5, 5.41) is 9.71. The van der Waals surface area contributed by atoms with E-state index in [9.17, 15) is 9.90 Å². The minimum absolute atomic E-state index is 0. The Morgan fingerprint density at radius 3 is 1.76 bits per heavy atom. The molecule has 0 atom stereocenters. The molecule has 190 valence electrons. The number of hydrogen-bond acceptors (Lipinski definition) is 3. The predicted octanol–water partition coefficient (Wildman–Crippen LogP) is 7.13. The maximum atomic E-state index is 12.2. The van der Waals surface area contributed by atoms with E-state index in [1.807, 2.05) is 99.5 Å². The number of Topliss-reactive ketones (excluding diaryl/α,β-unsaturated/α-hetero) is 1. The summed E-state index contributed by atoms with van der Waals surface area (Å²) >= 11 is 0. The molecular weight excluding hydrogens is 512 g/mol. The van der Waals surface area contributed by atoms with Gasteiger partial charge in [-0.3, -0.25) is 4.79 Å². The predicted molar refractivity (Wildman–Crippen MR) is 150 cm³/mol. The van der Waals surface area contributed by atoms with Crippen molar-refractivity contribution in [3.05, 3.63) is 159 Å². The van der Waals surface area contributed by atoms with E-state index in [1.54, 1.807) is 25.0 Å². The molecule has 0 bridgehead atoms. The first-order chi connectivity index (χ1) is 18.2. The van der Waals surface area contributed by atoms with E-state index in [4.69, 9.17) is 4.74 Å². The minimum atomic E-state index is -0.0375. The Morgan fingerprint density at radius 2 is 1.21 bits per heavy atom. The van der Waals surface area contributed by atoms with Gasteiger partial charge in [-0.2, -0.15) is 0 Å². The van der Waals surface area contributed by atoms with Crippen LogP contribution in [0.5, 0.6) is 11.5 Å². The third kappa shape index (κ3) is 8.35. The van der Waals surface area contributed by atoms with Gasteiger partial charge in [-0.1, -0.05) is 61.5 Å². The summed E-state index contributed by atoms with van der Waals surface area (Å²) in [5.74, 6) is 1.54. The number of ketones is 1. The summed E-state index contributed by atoms with van der Waals surface area (Å²) in [4.78, 5) is 12.2. The van der Waals surface area contributed by atoms with Crippen molar-refractivity contribution in [3.8, 4) is 11.5 Å². The van der Waals surface area contributed by atoms with Gasteiger partial charge in [0.15, 0.2) is 5.78 Å². The smallest absolute Gasteiger partial charge is 0.508 e. The zero-order chi connectivity index (χ0) is 25.9. The fourth-order valence-electron chi connectivity index (χ4n) is 4.14. The van der Waals surface area contributed by atoms with Crippen molar-refractivity contribution in [3.63, 3.8) is 0 Å². The molecule has 0 amide bonds. The molecule has 0 aliphatic heterocycles. The molecule has 10 radical (unpaired) electrons. The van der Waals surface area contributed by atoms with Crippen LogP contribution in [-0.2, 0) is 21.9 Å². The van der Waals surface area contributed by atoms with Gasteiger partial charge in [0.2, 0.25) is 0 Å². The molecule has 0 spiro atoms. The monoisotopic (exact) mass is 542 g/mol. The second-order valence-corrected chi connectivity index (χ2v) is 8.49. The molecule has 38 heavy (non-hydrogen) atoms. The summed E-state index contributed by atoms with van der Waals surface area (Å²) < 4.78 is 5.72. The summed E-state index contributed by atoms with van der Waals surface area (Å²) in [5.41, 5.74) is 5.59. The molecule has 2 saturated carbocycles. The number of carbonyl (C=O) groups is 1. The number of hydrogen-bond donors (Lipinski definition) is 1. The van der Waals surface area contributed by atoms with E-state index in [1.165, 1.54) is 5.57 Å². The van der Waals surface area contributed by atoms with E-state index in [-0.39, 0.29) is 35.2 Å². The van der Waals surface area contributed by atoms with E-state index < -0.39 is 0 Å². The Balaban J connectivity index is 0.000000598. The third-order valence-corrected chi connectivity index (χ3v) is 5.99. The third-order valence-electron chi connectivity index (χ3n) is 5.99. The zero-order valence-corrected chi connectivity index (χ0v) is 22.3. The Morgan fingerprint density at radius 1 is 0.684 bits per heavy atom. The average molecular weight is 542 g/mol. The van der Waals surface area contributed by atoms with Gasteiger partial charge in [-0.25, -0.2) is 0 Å². The Hall–Kier alpha value is -2.81. The Labute approximate surface area is 238 Å². The molecule has 2 fully saturated rings. The number of carbonyl (C=O) groups excluding carboxylic acids is 1. The van der Waals surface area contributed by atoms with Crippen LogP contribution in [0.4, 0.5) is 0 Å². The molecule has 3 aromatic carbocycles. The van der Waals surface area contributed by atoms with Crippen molar-refractivity contribution in [2.75, 3.05) is 6.61 Å². The number of ether oxygens (including phenoxy) is 1. The molecule has 0 saturated heterocycles. The normalized spacial score (nSPS) is 15.6. The molecule has 0 heterocycles. The van der Waals surface area contributed by atoms with Crippen molar-refractivity contribution in [1.82, 2.24) is 0 Å². The molecule has 2 aliphatic rings. The molecule has 0 aromatic heterocycles. The summed E-state index contributed by atoms with van der Waals surface area (Å²) in [6.45, 7) is 2.15. The molecule has 3 nitrogen and oxygen atoms in total. The Bertz CT molecular complexity index is 1130. The SMILES string of the molecule is CC/C(=C(/c1ccccc1)c1ccc(OCC(=O)[C]2[CH][CH][CH][CH]2)cc1)c1ccc(O)cc1.[CH]1[CH][CH][CH][CH]1.[Fe+2]. The van der Waals surface area contributed by atoms with Gasteiger partial charge < -0.3 is 9.84 Å². The van der Waals surface area contributed by atoms with Crippen molar-refractivity contribution in [2.24, 2.45) is 0 Å². The van der Waals surface area contributed by atoms with Gasteiger partial charge in [0.25, 0.3) is 0 Å². The fraction of sp³-hybridized carbons (Fsp3) is 0.0882. The van der Waals surface area contributed by atoms with Crippen LogP contribution in [0.15, 0.2) is 78.9 Å². The molecule has 3 aromatic rings. The quantitative estimate of drug-likeness (QED) is 0.243. The van der Waals surface area contributed by atoms with E-state index in [2.05, 4.69) is 19.1 Å². The maximum Gasteiger partial charge on any atom is 2.00 e. The van der Waals surface area contributed by atoms with Crippen LogP contribution in [0.2, 0.25) is 0 Å². The standard InChI is InChI=1S/C29H25O3.C5H5.Fe/c1-2-27(21-12-16-25(30)17-13-21)29(23-10-4-3-5-11-23)24-14-18-26(19-15-24)32-20-28(31)22-8-6-7-9-22;1-2-4-5-3-1;/h3-19,30H,2,20H2,1H3;1-5H;/q;;+2/b29-27+;;. The molecule has 2 aliphatic carbocycles. The van der Waals surface area contributed by atoms with Gasteiger partial charge in [0.05, 0.1) is 5.92 Å². The average Bonchev–Trinajstić information content (AvgIpc) is 3.70. The molecule has 5 rings (SSSR count). The van der Waals surface area contributed by atoms with Crippen molar-refractivity contribution < 1.29 is 31.7 Å². The van der Waals surface area contributed by atoms with E-state index in [0.29, 0.717) is 11.7 Å².